The van der Waals surface area contributed by atoms with Crippen molar-refractivity contribution in [2.45, 2.75) is 52.8 Å². The normalized spacial score (nSPS) is 15.6. The van der Waals surface area contributed by atoms with Gasteiger partial charge < -0.3 is 19.5 Å². The molecule has 0 spiro atoms. The first-order valence-electron chi connectivity index (χ1n) is 14.1. The number of rotatable bonds is 14. The van der Waals surface area contributed by atoms with Crippen molar-refractivity contribution in [3.05, 3.63) is 93.8 Å². The topological polar surface area (TPSA) is 77.1 Å². The Morgan fingerprint density at radius 1 is 0.833 bits per heavy atom. The number of benzene rings is 2. The van der Waals surface area contributed by atoms with Gasteiger partial charge in [0.25, 0.3) is 0 Å². The van der Waals surface area contributed by atoms with Gasteiger partial charge in [0.1, 0.15) is 13.2 Å². The fourth-order valence-electron chi connectivity index (χ4n) is 4.91. The van der Waals surface area contributed by atoms with Crippen LogP contribution in [0.4, 0.5) is 13.2 Å². The maximum atomic E-state index is 14.2. The second kappa shape index (κ2) is 15.6. The van der Waals surface area contributed by atoms with Crippen LogP contribution < -0.4 is 5.32 Å². The van der Waals surface area contributed by atoms with Gasteiger partial charge in [-0.05, 0) is 44.0 Å². The van der Waals surface area contributed by atoms with E-state index in [-0.39, 0.29) is 36.5 Å². The maximum absolute atomic E-state index is 14.2. The summed E-state index contributed by atoms with van der Waals surface area (Å²) in [5.74, 6) is -2.99. The van der Waals surface area contributed by atoms with Crippen molar-refractivity contribution in [3.8, 4) is 0 Å². The van der Waals surface area contributed by atoms with Crippen molar-refractivity contribution in [3.63, 3.8) is 0 Å². The molecule has 2 aromatic carbocycles. The molecule has 0 bridgehead atoms. The van der Waals surface area contributed by atoms with Crippen LogP contribution in [0.3, 0.4) is 0 Å². The van der Waals surface area contributed by atoms with Crippen LogP contribution in [0.5, 0.6) is 0 Å². The minimum atomic E-state index is -4.72. The first-order valence-corrected chi connectivity index (χ1v) is 14.1. The molecular formula is C32H39F3N2O5. The third-order valence-electron chi connectivity index (χ3n) is 6.92. The quantitative estimate of drug-likeness (QED) is 0.215. The molecule has 1 atom stereocenters. The lowest BCUT2D eigenvalue weighted by molar-refractivity contribution is -0.143. The van der Waals surface area contributed by atoms with E-state index in [1.54, 1.807) is 13.8 Å². The Bertz CT molecular complexity index is 1270. The van der Waals surface area contributed by atoms with Crippen molar-refractivity contribution in [2.75, 3.05) is 39.5 Å². The summed E-state index contributed by atoms with van der Waals surface area (Å²) in [7, 11) is 0. The van der Waals surface area contributed by atoms with Gasteiger partial charge in [-0.15, -0.1) is 0 Å². The predicted octanol–water partition coefficient (Wildman–Crippen LogP) is 5.98. The van der Waals surface area contributed by atoms with E-state index in [1.165, 1.54) is 18.2 Å². The largest absolute Gasteiger partial charge is 0.461 e. The van der Waals surface area contributed by atoms with Crippen molar-refractivity contribution >= 4 is 11.9 Å². The number of dihydropyridines is 1. The lowest BCUT2D eigenvalue weighted by atomic mass is 9.78. The third kappa shape index (κ3) is 8.69. The highest BCUT2D eigenvalue weighted by atomic mass is 19.4. The first-order chi connectivity index (χ1) is 20.1. The number of likely N-dealkylation sites (N-methyl/N-ethyl adjacent to an activating group) is 1. The molecule has 1 unspecified atom stereocenters. The van der Waals surface area contributed by atoms with E-state index in [4.69, 9.17) is 14.2 Å². The molecule has 228 valence electrons. The van der Waals surface area contributed by atoms with Crippen LogP contribution in [0.25, 0.3) is 0 Å². The summed E-state index contributed by atoms with van der Waals surface area (Å²) < 4.78 is 58.9. The second-order valence-electron chi connectivity index (χ2n) is 9.96. The second-order valence-corrected chi connectivity index (χ2v) is 9.96. The Kier molecular flexibility index (Phi) is 12.2. The fourth-order valence-corrected chi connectivity index (χ4v) is 4.91. The van der Waals surface area contributed by atoms with Crippen molar-refractivity contribution < 1.29 is 37.0 Å². The van der Waals surface area contributed by atoms with E-state index in [1.807, 2.05) is 44.2 Å². The zero-order chi connectivity index (χ0) is 30.7. The van der Waals surface area contributed by atoms with Gasteiger partial charge in [-0.1, -0.05) is 62.4 Å². The summed E-state index contributed by atoms with van der Waals surface area (Å²) in [4.78, 5) is 29.0. The summed E-state index contributed by atoms with van der Waals surface area (Å²) in [5.41, 5.74) is 0.374. The fraction of sp³-hybridized carbons (Fsp3) is 0.438. The molecule has 2 aromatic rings. The lowest BCUT2D eigenvalue weighted by Gasteiger charge is -2.32. The highest BCUT2D eigenvalue weighted by Crippen LogP contribution is 2.44. The first kappa shape index (κ1) is 32.9. The van der Waals surface area contributed by atoms with Crippen LogP contribution in [0.2, 0.25) is 0 Å². The van der Waals surface area contributed by atoms with Gasteiger partial charge in [0.05, 0.1) is 29.2 Å². The van der Waals surface area contributed by atoms with Crippen LogP contribution in [0, 0.1) is 0 Å². The minimum absolute atomic E-state index is 0.0150. The third-order valence-corrected chi connectivity index (χ3v) is 6.92. The molecule has 0 radical (unpaired) electrons. The van der Waals surface area contributed by atoms with E-state index >= 15 is 0 Å². The number of esters is 2. The number of carbonyl (C=O) groups excluding carboxylic acids is 2. The Balaban J connectivity index is 1.89. The molecule has 0 aliphatic carbocycles. The standard InChI is InChI=1S/C32H39F3N2O5/c1-5-17-40-19-20-42-31(39)28-23(4)36-22(3)27(29(28)25-14-10-11-15-26(25)32(33,34)35)30(38)41-18-16-37(6-2)21-24-12-8-7-9-13-24/h7-15,29,36H,5-6,16-21H2,1-4H3. The molecule has 1 aliphatic rings. The molecule has 0 saturated heterocycles. The Hall–Kier alpha value is -3.63. The molecule has 10 heteroatoms. The number of hydrogen-bond acceptors (Lipinski definition) is 7. The smallest absolute Gasteiger partial charge is 0.416 e. The molecule has 1 aliphatic heterocycles. The highest BCUT2D eigenvalue weighted by molar-refractivity contribution is 6.00. The molecule has 1 heterocycles. The Labute approximate surface area is 245 Å². The number of alkyl halides is 3. The van der Waals surface area contributed by atoms with Crippen LogP contribution in [-0.4, -0.2) is 56.4 Å². The van der Waals surface area contributed by atoms with Gasteiger partial charge in [-0.2, -0.15) is 13.2 Å². The minimum Gasteiger partial charge on any atom is -0.461 e. The average molecular weight is 589 g/mol. The Morgan fingerprint density at radius 3 is 2.02 bits per heavy atom. The number of nitrogens with zero attached hydrogens (tertiary/aromatic N) is 1. The summed E-state index contributed by atoms with van der Waals surface area (Å²) in [5, 5.41) is 2.99. The number of ether oxygens (including phenoxy) is 3. The van der Waals surface area contributed by atoms with Gasteiger partial charge in [-0.25, -0.2) is 9.59 Å². The summed E-state index contributed by atoms with van der Waals surface area (Å²) >= 11 is 0. The SMILES string of the molecule is CCCOCCOC(=O)C1=C(C)NC(C)=C(C(=O)OCCN(CC)Cc2ccccc2)C1c1ccccc1C(F)(F)F. The van der Waals surface area contributed by atoms with Gasteiger partial charge >= 0.3 is 18.1 Å². The molecule has 0 saturated carbocycles. The summed E-state index contributed by atoms with van der Waals surface area (Å²) in [6.07, 6.45) is -3.93. The molecule has 3 rings (SSSR count). The van der Waals surface area contributed by atoms with Crippen LogP contribution in [0.1, 0.15) is 56.7 Å². The lowest BCUT2D eigenvalue weighted by Crippen LogP contribution is -2.34. The van der Waals surface area contributed by atoms with Crippen LogP contribution >= 0.6 is 0 Å². The van der Waals surface area contributed by atoms with Gasteiger partial charge in [0.15, 0.2) is 0 Å². The monoisotopic (exact) mass is 588 g/mol. The number of hydrogen-bond donors (Lipinski definition) is 1. The Morgan fingerprint density at radius 2 is 1.43 bits per heavy atom. The average Bonchev–Trinajstić information content (AvgIpc) is 2.96. The van der Waals surface area contributed by atoms with E-state index in [9.17, 15) is 22.8 Å². The number of carbonyl (C=O) groups is 2. The molecule has 42 heavy (non-hydrogen) atoms. The number of nitrogens with one attached hydrogen (secondary N) is 1. The summed E-state index contributed by atoms with van der Waals surface area (Å²) in [6.45, 7) is 9.42. The van der Waals surface area contributed by atoms with E-state index in [0.717, 1.165) is 18.1 Å². The summed E-state index contributed by atoms with van der Waals surface area (Å²) in [6, 6.07) is 14.8. The van der Waals surface area contributed by atoms with Gasteiger partial charge in [-0.3, -0.25) is 4.90 Å². The molecule has 0 amide bonds. The number of allylic oxidation sites excluding steroid dienone is 2. The molecule has 1 N–H and O–H groups in total. The zero-order valence-electron chi connectivity index (χ0n) is 24.6. The molecular weight excluding hydrogens is 549 g/mol. The molecule has 7 nitrogen and oxygen atoms in total. The van der Waals surface area contributed by atoms with Crippen molar-refractivity contribution in [1.82, 2.24) is 10.2 Å². The van der Waals surface area contributed by atoms with E-state index < -0.39 is 29.6 Å². The van der Waals surface area contributed by atoms with Crippen molar-refractivity contribution in [1.29, 1.82) is 0 Å². The van der Waals surface area contributed by atoms with Crippen LogP contribution in [-0.2, 0) is 36.5 Å². The highest BCUT2D eigenvalue weighted by Gasteiger charge is 2.43. The van der Waals surface area contributed by atoms with Crippen molar-refractivity contribution in [2.24, 2.45) is 0 Å². The molecule has 0 aromatic heterocycles. The predicted molar refractivity (Wildman–Crippen MR) is 153 cm³/mol. The van der Waals surface area contributed by atoms with E-state index in [2.05, 4.69) is 10.2 Å². The number of halogens is 3. The molecule has 0 fully saturated rings. The maximum Gasteiger partial charge on any atom is 0.416 e. The van der Waals surface area contributed by atoms with Gasteiger partial charge in [0, 0.05) is 31.1 Å². The van der Waals surface area contributed by atoms with E-state index in [0.29, 0.717) is 37.6 Å². The zero-order valence-corrected chi connectivity index (χ0v) is 24.6. The van der Waals surface area contributed by atoms with Crippen LogP contribution in [0.15, 0.2) is 77.1 Å². The van der Waals surface area contributed by atoms with Gasteiger partial charge in [0.2, 0.25) is 0 Å².